The first kappa shape index (κ1) is 14.7. The van der Waals surface area contributed by atoms with Crippen LogP contribution in [-0.4, -0.2) is 44.7 Å². The molecule has 100 valence electrons. The van der Waals surface area contributed by atoms with E-state index in [4.69, 9.17) is 4.74 Å². The molecular weight excluding hydrogens is 228 g/mol. The van der Waals surface area contributed by atoms with Crippen LogP contribution in [0.15, 0.2) is 30.3 Å². The van der Waals surface area contributed by atoms with Gasteiger partial charge in [0.1, 0.15) is 6.04 Å². The molecule has 0 saturated heterocycles. The Kier molecular flexibility index (Phi) is 6.39. The van der Waals surface area contributed by atoms with Crippen LogP contribution in [0.2, 0.25) is 0 Å². The van der Waals surface area contributed by atoms with Crippen LogP contribution < -0.4 is 5.32 Å². The van der Waals surface area contributed by atoms with E-state index < -0.39 is 0 Å². The van der Waals surface area contributed by atoms with E-state index in [1.807, 2.05) is 56.3 Å². The average molecular weight is 250 g/mol. The first-order chi connectivity index (χ1) is 8.70. The van der Waals surface area contributed by atoms with Gasteiger partial charge in [0.15, 0.2) is 0 Å². The normalized spacial score (nSPS) is 12.4. The van der Waals surface area contributed by atoms with Gasteiger partial charge in [0.05, 0.1) is 6.61 Å². The van der Waals surface area contributed by atoms with Crippen molar-refractivity contribution in [1.29, 1.82) is 0 Å². The number of hydrogen-bond acceptors (Lipinski definition) is 4. The summed E-state index contributed by atoms with van der Waals surface area (Å²) in [7, 11) is 3.83. The highest BCUT2D eigenvalue weighted by Crippen LogP contribution is 2.20. The highest BCUT2D eigenvalue weighted by atomic mass is 16.5. The molecule has 0 spiro atoms. The smallest absolute Gasteiger partial charge is 0.327 e. The third-order valence-corrected chi connectivity index (χ3v) is 2.78. The molecule has 0 amide bonds. The van der Waals surface area contributed by atoms with Crippen LogP contribution in [0.3, 0.4) is 0 Å². The monoisotopic (exact) mass is 250 g/mol. The van der Waals surface area contributed by atoms with Gasteiger partial charge in [-0.05, 0) is 26.6 Å². The molecule has 4 heteroatoms. The maximum atomic E-state index is 12.1. The number of nitrogens with zero attached hydrogens (tertiary/aromatic N) is 1. The summed E-state index contributed by atoms with van der Waals surface area (Å²) in [5, 5.41) is 3.08. The van der Waals surface area contributed by atoms with Gasteiger partial charge in [0.2, 0.25) is 0 Å². The molecular formula is C14H22N2O2. The molecule has 0 bridgehead atoms. The van der Waals surface area contributed by atoms with Crippen LogP contribution in [0.4, 0.5) is 0 Å². The van der Waals surface area contributed by atoms with Crippen LogP contribution >= 0.6 is 0 Å². The third-order valence-electron chi connectivity index (χ3n) is 2.78. The van der Waals surface area contributed by atoms with E-state index >= 15 is 0 Å². The molecule has 1 unspecified atom stereocenters. The van der Waals surface area contributed by atoms with E-state index in [9.17, 15) is 4.79 Å². The molecule has 4 nitrogen and oxygen atoms in total. The van der Waals surface area contributed by atoms with Gasteiger partial charge in [0, 0.05) is 13.1 Å². The second-order valence-corrected chi connectivity index (χ2v) is 4.15. The molecule has 0 aliphatic carbocycles. The summed E-state index contributed by atoms with van der Waals surface area (Å²) in [5.41, 5.74) is 0.967. The fraction of sp³-hybridized carbons (Fsp3) is 0.500. The third kappa shape index (κ3) is 4.13. The van der Waals surface area contributed by atoms with Crippen molar-refractivity contribution in [3.63, 3.8) is 0 Å². The zero-order valence-corrected chi connectivity index (χ0v) is 11.3. The first-order valence-corrected chi connectivity index (χ1v) is 6.27. The van der Waals surface area contributed by atoms with E-state index in [2.05, 4.69) is 5.32 Å². The van der Waals surface area contributed by atoms with E-state index in [0.717, 1.165) is 18.7 Å². The average Bonchev–Trinajstić information content (AvgIpc) is 2.38. The Hall–Kier alpha value is -1.39. The fourth-order valence-electron chi connectivity index (χ4n) is 1.84. The Balaban J connectivity index is 2.84. The zero-order valence-electron chi connectivity index (χ0n) is 11.3. The van der Waals surface area contributed by atoms with Gasteiger partial charge in [0.25, 0.3) is 0 Å². The minimum absolute atomic E-state index is 0.192. The standard InChI is InChI=1S/C14H22N2O2/c1-4-18-14(17)13(16(3)11-10-15-2)12-8-6-5-7-9-12/h5-9,13,15H,4,10-11H2,1-3H3. The first-order valence-electron chi connectivity index (χ1n) is 6.27. The Morgan fingerprint density at radius 3 is 2.61 bits per heavy atom. The van der Waals surface area contributed by atoms with Gasteiger partial charge in [-0.15, -0.1) is 0 Å². The molecule has 1 aromatic carbocycles. The van der Waals surface area contributed by atoms with Crippen molar-refractivity contribution in [2.45, 2.75) is 13.0 Å². The van der Waals surface area contributed by atoms with Gasteiger partial charge in [-0.2, -0.15) is 0 Å². The number of rotatable bonds is 7. The lowest BCUT2D eigenvalue weighted by molar-refractivity contribution is -0.149. The number of carbonyl (C=O) groups is 1. The topological polar surface area (TPSA) is 41.6 Å². The molecule has 0 radical (unpaired) electrons. The van der Waals surface area contributed by atoms with Crippen LogP contribution in [-0.2, 0) is 9.53 Å². The molecule has 0 aliphatic rings. The van der Waals surface area contributed by atoms with Gasteiger partial charge < -0.3 is 10.1 Å². The van der Waals surface area contributed by atoms with Crippen molar-refractivity contribution in [2.24, 2.45) is 0 Å². The molecule has 1 N–H and O–H groups in total. The predicted molar refractivity (Wildman–Crippen MR) is 72.4 cm³/mol. The van der Waals surface area contributed by atoms with Crippen molar-refractivity contribution in [3.05, 3.63) is 35.9 Å². The second kappa shape index (κ2) is 7.84. The molecule has 1 aromatic rings. The van der Waals surface area contributed by atoms with Gasteiger partial charge in [-0.1, -0.05) is 30.3 Å². The number of carbonyl (C=O) groups excluding carboxylic acids is 1. The van der Waals surface area contributed by atoms with Crippen molar-refractivity contribution in [3.8, 4) is 0 Å². The highest BCUT2D eigenvalue weighted by Gasteiger charge is 2.25. The number of nitrogens with one attached hydrogen (secondary N) is 1. The van der Waals surface area contributed by atoms with Crippen LogP contribution in [0, 0.1) is 0 Å². The number of esters is 1. The molecule has 0 saturated carbocycles. The highest BCUT2D eigenvalue weighted by molar-refractivity contribution is 5.77. The fourth-order valence-corrected chi connectivity index (χ4v) is 1.84. The van der Waals surface area contributed by atoms with Gasteiger partial charge in [-0.25, -0.2) is 4.79 Å². The van der Waals surface area contributed by atoms with E-state index in [0.29, 0.717) is 6.61 Å². The van der Waals surface area contributed by atoms with E-state index in [1.165, 1.54) is 0 Å². The Bertz CT molecular complexity index is 354. The lowest BCUT2D eigenvalue weighted by Gasteiger charge is -2.26. The SMILES string of the molecule is CCOC(=O)C(c1ccccc1)N(C)CCNC. The summed E-state index contributed by atoms with van der Waals surface area (Å²) in [6.07, 6.45) is 0. The Morgan fingerprint density at radius 2 is 2.06 bits per heavy atom. The van der Waals surface area contributed by atoms with Crippen molar-refractivity contribution in [1.82, 2.24) is 10.2 Å². The number of benzene rings is 1. The maximum absolute atomic E-state index is 12.1. The van der Waals surface area contributed by atoms with Crippen molar-refractivity contribution >= 4 is 5.97 Å². The van der Waals surface area contributed by atoms with Crippen molar-refractivity contribution in [2.75, 3.05) is 33.8 Å². The molecule has 1 rings (SSSR count). The van der Waals surface area contributed by atoms with Gasteiger partial charge in [-0.3, -0.25) is 4.90 Å². The molecule has 0 aromatic heterocycles. The second-order valence-electron chi connectivity index (χ2n) is 4.15. The number of likely N-dealkylation sites (N-methyl/N-ethyl adjacent to an activating group) is 2. The molecule has 0 aliphatic heterocycles. The lowest BCUT2D eigenvalue weighted by Crippen LogP contribution is -2.36. The zero-order chi connectivity index (χ0) is 13.4. The molecule has 1 atom stereocenters. The molecule has 0 heterocycles. The van der Waals surface area contributed by atoms with E-state index in [1.54, 1.807) is 0 Å². The van der Waals surface area contributed by atoms with Crippen LogP contribution in [0.5, 0.6) is 0 Å². The lowest BCUT2D eigenvalue weighted by atomic mass is 10.1. The van der Waals surface area contributed by atoms with Crippen LogP contribution in [0.25, 0.3) is 0 Å². The summed E-state index contributed by atoms with van der Waals surface area (Å²) in [6, 6.07) is 9.40. The molecule has 0 fully saturated rings. The largest absolute Gasteiger partial charge is 0.465 e. The van der Waals surface area contributed by atoms with Gasteiger partial charge >= 0.3 is 5.97 Å². The summed E-state index contributed by atoms with van der Waals surface area (Å²) in [4.78, 5) is 14.1. The summed E-state index contributed by atoms with van der Waals surface area (Å²) < 4.78 is 5.16. The van der Waals surface area contributed by atoms with Crippen molar-refractivity contribution < 1.29 is 9.53 Å². The van der Waals surface area contributed by atoms with E-state index in [-0.39, 0.29) is 12.0 Å². The quantitative estimate of drug-likeness (QED) is 0.744. The minimum Gasteiger partial charge on any atom is -0.465 e. The number of ether oxygens (including phenoxy) is 1. The Morgan fingerprint density at radius 1 is 1.39 bits per heavy atom. The molecule has 18 heavy (non-hydrogen) atoms. The Labute approximate surface area is 109 Å². The number of hydrogen-bond donors (Lipinski definition) is 1. The summed E-state index contributed by atoms with van der Waals surface area (Å²) in [6.45, 7) is 3.85. The summed E-state index contributed by atoms with van der Waals surface area (Å²) in [5.74, 6) is -0.192. The predicted octanol–water partition coefficient (Wildman–Crippen LogP) is 1.44. The minimum atomic E-state index is -0.334. The summed E-state index contributed by atoms with van der Waals surface area (Å²) >= 11 is 0. The van der Waals surface area contributed by atoms with Crippen LogP contribution in [0.1, 0.15) is 18.5 Å². The maximum Gasteiger partial charge on any atom is 0.327 e.